The average Bonchev–Trinajstić information content (AvgIpc) is 3.48. The predicted molar refractivity (Wildman–Crippen MR) is 153 cm³/mol. The van der Waals surface area contributed by atoms with Crippen molar-refractivity contribution in [1.82, 2.24) is 14.3 Å². The van der Waals surface area contributed by atoms with Crippen molar-refractivity contribution in [3.8, 4) is 0 Å². The Labute approximate surface area is 226 Å². The van der Waals surface area contributed by atoms with Gasteiger partial charge in [-0.15, -0.1) is 11.3 Å². The van der Waals surface area contributed by atoms with E-state index in [9.17, 15) is 9.59 Å². The summed E-state index contributed by atoms with van der Waals surface area (Å²) in [4.78, 5) is 35.8. The minimum absolute atomic E-state index is 0.113. The number of pyridine rings is 1. The maximum Gasteiger partial charge on any atom is 0.261 e. The third kappa shape index (κ3) is 5.30. The standard InChI is InChI=1S/C31H30N4O2S/c1-22-13-15-24(16-14-22)30(36)35(19-8-17-32)29(26-11-7-20-38-26)28-25(21-23-9-3-2-4-10-23)31(37)34-18-6-5-12-27(34)33-28/h2-7,9-16,18,20,29H,8,17,19,21,32H2,1H3. The van der Waals surface area contributed by atoms with Crippen LogP contribution < -0.4 is 11.3 Å². The molecule has 0 bridgehead atoms. The van der Waals surface area contributed by atoms with Crippen molar-refractivity contribution in [2.24, 2.45) is 5.73 Å². The molecular weight excluding hydrogens is 492 g/mol. The number of aromatic nitrogens is 2. The van der Waals surface area contributed by atoms with Crippen LogP contribution in [0.15, 0.2) is 101 Å². The molecule has 192 valence electrons. The molecule has 1 unspecified atom stereocenters. The van der Waals surface area contributed by atoms with Gasteiger partial charge in [0.15, 0.2) is 0 Å². The first-order chi connectivity index (χ1) is 18.6. The number of nitrogens with two attached hydrogens (primary N) is 1. The summed E-state index contributed by atoms with van der Waals surface area (Å²) < 4.78 is 1.58. The Kier molecular flexibility index (Phi) is 7.77. The van der Waals surface area contributed by atoms with Crippen LogP contribution >= 0.6 is 11.3 Å². The molecule has 6 nitrogen and oxygen atoms in total. The summed E-state index contributed by atoms with van der Waals surface area (Å²) in [6, 6.07) is 26.5. The summed E-state index contributed by atoms with van der Waals surface area (Å²) in [7, 11) is 0. The highest BCUT2D eigenvalue weighted by molar-refractivity contribution is 7.10. The molecule has 0 saturated carbocycles. The van der Waals surface area contributed by atoms with Crippen LogP contribution in [0.2, 0.25) is 0 Å². The van der Waals surface area contributed by atoms with Gasteiger partial charge in [0, 0.05) is 35.2 Å². The smallest absolute Gasteiger partial charge is 0.261 e. The van der Waals surface area contributed by atoms with Gasteiger partial charge < -0.3 is 10.6 Å². The number of fused-ring (bicyclic) bond motifs is 1. The summed E-state index contributed by atoms with van der Waals surface area (Å²) in [6.07, 6.45) is 2.78. The van der Waals surface area contributed by atoms with E-state index >= 15 is 0 Å². The molecule has 1 amide bonds. The Hall–Kier alpha value is -4.07. The molecule has 2 aromatic carbocycles. The molecule has 0 radical (unpaired) electrons. The summed E-state index contributed by atoms with van der Waals surface area (Å²) in [5, 5.41) is 1.99. The molecule has 0 fully saturated rings. The van der Waals surface area contributed by atoms with Crippen LogP contribution in [0.4, 0.5) is 0 Å². The van der Waals surface area contributed by atoms with E-state index in [-0.39, 0.29) is 11.5 Å². The Morgan fingerprint density at radius 2 is 1.76 bits per heavy atom. The lowest BCUT2D eigenvalue weighted by atomic mass is 9.97. The van der Waals surface area contributed by atoms with E-state index in [1.807, 2.05) is 102 Å². The van der Waals surface area contributed by atoms with Crippen LogP contribution in [-0.4, -0.2) is 33.3 Å². The van der Waals surface area contributed by atoms with E-state index in [0.717, 1.165) is 16.0 Å². The van der Waals surface area contributed by atoms with Gasteiger partial charge in [-0.25, -0.2) is 4.98 Å². The number of thiophene rings is 1. The van der Waals surface area contributed by atoms with E-state index in [0.29, 0.717) is 48.4 Å². The van der Waals surface area contributed by atoms with Crippen molar-refractivity contribution in [1.29, 1.82) is 0 Å². The van der Waals surface area contributed by atoms with Gasteiger partial charge in [-0.05, 0) is 61.2 Å². The lowest BCUT2D eigenvalue weighted by molar-refractivity contribution is 0.0704. The van der Waals surface area contributed by atoms with Crippen LogP contribution in [-0.2, 0) is 6.42 Å². The Balaban J connectivity index is 1.74. The molecule has 5 rings (SSSR count). The Bertz CT molecular complexity index is 1580. The van der Waals surface area contributed by atoms with Crippen molar-refractivity contribution in [2.75, 3.05) is 13.1 Å². The molecule has 0 aliphatic heterocycles. The van der Waals surface area contributed by atoms with Crippen molar-refractivity contribution < 1.29 is 4.79 Å². The number of rotatable bonds is 9. The molecule has 0 spiro atoms. The van der Waals surface area contributed by atoms with Crippen LogP contribution in [0.1, 0.15) is 50.1 Å². The van der Waals surface area contributed by atoms with Crippen LogP contribution in [0.25, 0.3) is 5.65 Å². The summed E-state index contributed by atoms with van der Waals surface area (Å²) in [5.74, 6) is -0.113. The lowest BCUT2D eigenvalue weighted by Crippen LogP contribution is -2.39. The quantitative estimate of drug-likeness (QED) is 0.287. The molecule has 0 aliphatic carbocycles. The van der Waals surface area contributed by atoms with Gasteiger partial charge in [0.1, 0.15) is 11.7 Å². The average molecular weight is 523 g/mol. The van der Waals surface area contributed by atoms with Gasteiger partial charge in [0.2, 0.25) is 0 Å². The van der Waals surface area contributed by atoms with Gasteiger partial charge in [0.05, 0.1) is 5.69 Å². The molecule has 1 atom stereocenters. The molecule has 0 aliphatic rings. The first-order valence-electron chi connectivity index (χ1n) is 12.7. The number of benzene rings is 2. The SMILES string of the molecule is Cc1ccc(C(=O)N(CCCN)C(c2cccs2)c2nc3ccccn3c(=O)c2Cc2ccccc2)cc1. The third-order valence-electron chi connectivity index (χ3n) is 6.63. The zero-order chi connectivity index (χ0) is 26.5. The van der Waals surface area contributed by atoms with E-state index in [2.05, 4.69) is 0 Å². The number of carbonyl (C=O) groups is 1. The minimum Gasteiger partial charge on any atom is -0.330 e. The van der Waals surface area contributed by atoms with Crippen molar-refractivity contribution >= 4 is 22.9 Å². The fourth-order valence-electron chi connectivity index (χ4n) is 4.69. The second-order valence-corrected chi connectivity index (χ2v) is 10.3. The normalized spacial score (nSPS) is 11.9. The molecule has 7 heteroatoms. The molecule has 5 aromatic rings. The third-order valence-corrected chi connectivity index (χ3v) is 7.55. The fraction of sp³-hybridized carbons (Fsp3) is 0.194. The fourth-order valence-corrected chi connectivity index (χ4v) is 5.53. The maximum absolute atomic E-state index is 14.1. The second-order valence-electron chi connectivity index (χ2n) is 9.30. The highest BCUT2D eigenvalue weighted by atomic mass is 32.1. The summed E-state index contributed by atoms with van der Waals surface area (Å²) in [6.45, 7) is 2.88. The van der Waals surface area contributed by atoms with E-state index < -0.39 is 6.04 Å². The van der Waals surface area contributed by atoms with E-state index in [4.69, 9.17) is 10.7 Å². The van der Waals surface area contributed by atoms with Gasteiger partial charge in [-0.1, -0.05) is 60.2 Å². The van der Waals surface area contributed by atoms with E-state index in [1.54, 1.807) is 21.9 Å². The molecule has 3 aromatic heterocycles. The highest BCUT2D eigenvalue weighted by Crippen LogP contribution is 2.34. The predicted octanol–water partition coefficient (Wildman–Crippen LogP) is 5.24. The summed E-state index contributed by atoms with van der Waals surface area (Å²) in [5.41, 5.74) is 10.2. The molecular formula is C31H30N4O2S. The number of carbonyl (C=O) groups excluding carboxylic acids is 1. The number of hydrogen-bond acceptors (Lipinski definition) is 5. The van der Waals surface area contributed by atoms with Crippen LogP contribution in [0.3, 0.4) is 0 Å². The Morgan fingerprint density at radius 1 is 1.00 bits per heavy atom. The monoisotopic (exact) mass is 522 g/mol. The Morgan fingerprint density at radius 3 is 2.47 bits per heavy atom. The van der Waals surface area contributed by atoms with Crippen LogP contribution in [0, 0.1) is 6.92 Å². The maximum atomic E-state index is 14.1. The zero-order valence-corrected chi connectivity index (χ0v) is 22.1. The van der Waals surface area contributed by atoms with Crippen molar-refractivity contribution in [2.45, 2.75) is 25.8 Å². The van der Waals surface area contributed by atoms with Gasteiger partial charge in [-0.2, -0.15) is 0 Å². The first-order valence-corrected chi connectivity index (χ1v) is 13.6. The van der Waals surface area contributed by atoms with Crippen LogP contribution in [0.5, 0.6) is 0 Å². The first kappa shape index (κ1) is 25.6. The molecule has 2 N–H and O–H groups in total. The number of nitrogens with zero attached hydrogens (tertiary/aromatic N) is 3. The number of amides is 1. The van der Waals surface area contributed by atoms with E-state index in [1.165, 1.54) is 0 Å². The second kappa shape index (κ2) is 11.5. The lowest BCUT2D eigenvalue weighted by Gasteiger charge is -2.32. The minimum atomic E-state index is -0.535. The largest absolute Gasteiger partial charge is 0.330 e. The molecule has 0 saturated heterocycles. The zero-order valence-electron chi connectivity index (χ0n) is 21.3. The van der Waals surface area contributed by atoms with Crippen molar-refractivity contribution in [3.05, 3.63) is 140 Å². The van der Waals surface area contributed by atoms with Gasteiger partial charge in [0.25, 0.3) is 11.5 Å². The molecule has 38 heavy (non-hydrogen) atoms. The number of hydrogen-bond donors (Lipinski definition) is 1. The van der Waals surface area contributed by atoms with Gasteiger partial charge >= 0.3 is 0 Å². The topological polar surface area (TPSA) is 80.7 Å². The van der Waals surface area contributed by atoms with Gasteiger partial charge in [-0.3, -0.25) is 14.0 Å². The highest BCUT2D eigenvalue weighted by Gasteiger charge is 2.32. The number of aryl methyl sites for hydroxylation is 1. The summed E-state index contributed by atoms with van der Waals surface area (Å²) >= 11 is 1.55. The van der Waals surface area contributed by atoms with Crippen molar-refractivity contribution in [3.63, 3.8) is 0 Å². The molecule has 3 heterocycles.